The molecule has 2 aliphatic rings. The zero-order valence-corrected chi connectivity index (χ0v) is 11.1. The number of carbonyl (C=O) groups excluding carboxylic acids is 3. The van der Waals surface area contributed by atoms with Crippen LogP contribution in [-0.2, 0) is 9.59 Å². The molecule has 1 aromatic rings. The molecule has 3 atom stereocenters. The van der Waals surface area contributed by atoms with E-state index in [0.717, 1.165) is 16.0 Å². The van der Waals surface area contributed by atoms with E-state index in [9.17, 15) is 14.4 Å². The molecule has 98 valence electrons. The number of likely N-dealkylation sites (tertiary alicyclic amines) is 1. The number of ketones is 1. The lowest BCUT2D eigenvalue weighted by Crippen LogP contribution is -2.41. The van der Waals surface area contributed by atoms with Crippen molar-refractivity contribution in [1.82, 2.24) is 4.90 Å². The van der Waals surface area contributed by atoms with E-state index < -0.39 is 6.04 Å². The molecule has 4 heteroatoms. The maximum Gasteiger partial charge on any atom is 0.233 e. The van der Waals surface area contributed by atoms with Gasteiger partial charge in [-0.3, -0.25) is 19.3 Å². The minimum atomic E-state index is -0.628. The largest absolute Gasteiger partial charge is 0.292 e. The van der Waals surface area contributed by atoms with Crippen molar-refractivity contribution < 1.29 is 14.4 Å². The summed E-state index contributed by atoms with van der Waals surface area (Å²) < 4.78 is 0. The maximum atomic E-state index is 12.5. The van der Waals surface area contributed by atoms with E-state index in [-0.39, 0.29) is 29.4 Å². The Labute approximate surface area is 111 Å². The number of carbonyl (C=O) groups is 3. The Bertz CT molecular complexity index is 620. The van der Waals surface area contributed by atoms with Crippen LogP contribution in [0, 0.1) is 12.8 Å². The van der Waals surface area contributed by atoms with Gasteiger partial charge in [0.05, 0.1) is 0 Å². The molecule has 4 nitrogen and oxygen atoms in total. The van der Waals surface area contributed by atoms with Crippen LogP contribution < -0.4 is 0 Å². The molecule has 1 saturated heterocycles. The Morgan fingerprint density at radius 3 is 2.58 bits per heavy atom. The van der Waals surface area contributed by atoms with Crippen molar-refractivity contribution in [3.63, 3.8) is 0 Å². The highest BCUT2D eigenvalue weighted by molar-refractivity contribution is 6.13. The van der Waals surface area contributed by atoms with Gasteiger partial charge in [0.25, 0.3) is 0 Å². The molecule has 0 unspecified atom stereocenters. The molecule has 0 bridgehead atoms. The molecule has 0 spiro atoms. The van der Waals surface area contributed by atoms with Gasteiger partial charge in [0.1, 0.15) is 6.04 Å². The molecule has 19 heavy (non-hydrogen) atoms. The van der Waals surface area contributed by atoms with Crippen LogP contribution in [0.4, 0.5) is 0 Å². The average molecular weight is 257 g/mol. The highest BCUT2D eigenvalue weighted by Gasteiger charge is 2.56. The van der Waals surface area contributed by atoms with Gasteiger partial charge in [-0.15, -0.1) is 0 Å². The third-order valence-corrected chi connectivity index (χ3v) is 4.23. The van der Waals surface area contributed by atoms with Crippen molar-refractivity contribution in [2.45, 2.75) is 32.7 Å². The van der Waals surface area contributed by atoms with Crippen LogP contribution in [0.2, 0.25) is 0 Å². The lowest BCUT2D eigenvalue weighted by Gasteiger charge is -2.18. The summed E-state index contributed by atoms with van der Waals surface area (Å²) in [4.78, 5) is 37.4. The van der Waals surface area contributed by atoms with Crippen molar-refractivity contribution >= 4 is 17.6 Å². The van der Waals surface area contributed by atoms with E-state index in [1.165, 1.54) is 6.92 Å². The fourth-order valence-corrected chi connectivity index (χ4v) is 3.35. The number of Topliss-reactive ketones (excluding diaryl/α,β-unsaturated/α-hetero) is 1. The van der Waals surface area contributed by atoms with Crippen LogP contribution in [0.15, 0.2) is 18.2 Å². The van der Waals surface area contributed by atoms with Gasteiger partial charge < -0.3 is 0 Å². The van der Waals surface area contributed by atoms with Gasteiger partial charge in [-0.1, -0.05) is 24.6 Å². The maximum absolute atomic E-state index is 12.5. The average Bonchev–Trinajstić information content (AvgIpc) is 2.76. The van der Waals surface area contributed by atoms with Crippen molar-refractivity contribution in [3.8, 4) is 0 Å². The van der Waals surface area contributed by atoms with E-state index >= 15 is 0 Å². The highest BCUT2D eigenvalue weighted by atomic mass is 16.2. The van der Waals surface area contributed by atoms with E-state index in [4.69, 9.17) is 0 Å². The van der Waals surface area contributed by atoms with Crippen molar-refractivity contribution in [1.29, 1.82) is 0 Å². The third-order valence-electron chi connectivity index (χ3n) is 4.23. The monoisotopic (exact) mass is 257 g/mol. The standard InChI is InChI=1S/C15H15NO3/c1-7-4-5-10-11(6-7)14(18)13-12(10)8(2)15(19)16(13)9(3)17/h4-6,8,12-13H,1-3H3/t8-,12-,13-/m0/s1. The molecule has 1 aromatic carbocycles. The number of amides is 2. The summed E-state index contributed by atoms with van der Waals surface area (Å²) in [6.45, 7) is 5.07. The van der Waals surface area contributed by atoms with E-state index in [1.54, 1.807) is 6.92 Å². The first-order valence-electron chi connectivity index (χ1n) is 6.42. The van der Waals surface area contributed by atoms with Gasteiger partial charge in [0.15, 0.2) is 5.78 Å². The second-order valence-electron chi connectivity index (χ2n) is 5.44. The predicted octanol–water partition coefficient (Wildman–Crippen LogP) is 1.67. The van der Waals surface area contributed by atoms with Crippen molar-refractivity contribution in [2.24, 2.45) is 5.92 Å². The number of imide groups is 1. The summed E-state index contributed by atoms with van der Waals surface area (Å²) >= 11 is 0. The van der Waals surface area contributed by atoms with Gasteiger partial charge >= 0.3 is 0 Å². The van der Waals surface area contributed by atoms with Crippen LogP contribution in [0.5, 0.6) is 0 Å². The Kier molecular flexibility index (Phi) is 2.39. The summed E-state index contributed by atoms with van der Waals surface area (Å²) in [5.41, 5.74) is 2.59. The second-order valence-corrected chi connectivity index (χ2v) is 5.44. The summed E-state index contributed by atoms with van der Waals surface area (Å²) in [6.07, 6.45) is 0. The number of hydrogen-bond donors (Lipinski definition) is 0. The molecular formula is C15H15NO3. The van der Waals surface area contributed by atoms with Gasteiger partial charge in [-0.2, -0.15) is 0 Å². The molecule has 1 fully saturated rings. The number of aryl methyl sites for hydroxylation is 1. The number of rotatable bonds is 0. The quantitative estimate of drug-likeness (QED) is 0.710. The number of nitrogens with zero attached hydrogens (tertiary/aromatic N) is 1. The number of fused-ring (bicyclic) bond motifs is 3. The molecule has 0 N–H and O–H groups in total. The molecule has 0 radical (unpaired) electrons. The first-order valence-corrected chi connectivity index (χ1v) is 6.42. The smallest absolute Gasteiger partial charge is 0.233 e. The normalized spacial score (nSPS) is 28.6. The van der Waals surface area contributed by atoms with Gasteiger partial charge in [-0.25, -0.2) is 0 Å². The second kappa shape index (κ2) is 3.76. The molecule has 0 saturated carbocycles. The lowest BCUT2D eigenvalue weighted by molar-refractivity contribution is -0.143. The molecule has 3 rings (SSSR count). The summed E-state index contributed by atoms with van der Waals surface area (Å²) in [5, 5.41) is 0. The van der Waals surface area contributed by atoms with Crippen LogP contribution in [0.25, 0.3) is 0 Å². The first kappa shape index (κ1) is 12.1. The summed E-state index contributed by atoms with van der Waals surface area (Å²) in [7, 11) is 0. The highest BCUT2D eigenvalue weighted by Crippen LogP contribution is 2.46. The molecule has 1 aliphatic carbocycles. The Morgan fingerprint density at radius 1 is 1.26 bits per heavy atom. The third kappa shape index (κ3) is 1.43. The van der Waals surface area contributed by atoms with Gasteiger partial charge in [0.2, 0.25) is 11.8 Å². The van der Waals surface area contributed by atoms with Crippen LogP contribution in [0.1, 0.15) is 41.3 Å². The van der Waals surface area contributed by atoms with Crippen LogP contribution in [0.3, 0.4) is 0 Å². The Hall–Kier alpha value is -1.97. The fraction of sp³-hybridized carbons (Fsp3) is 0.400. The Morgan fingerprint density at radius 2 is 1.95 bits per heavy atom. The van der Waals surface area contributed by atoms with Crippen LogP contribution in [-0.4, -0.2) is 28.5 Å². The topological polar surface area (TPSA) is 54.5 Å². The molecule has 0 aromatic heterocycles. The van der Waals surface area contributed by atoms with Gasteiger partial charge in [-0.05, 0) is 18.6 Å². The minimum Gasteiger partial charge on any atom is -0.292 e. The first-order chi connectivity index (χ1) is 8.93. The summed E-state index contributed by atoms with van der Waals surface area (Å²) in [6, 6.07) is 5.09. The number of benzene rings is 1. The molecule has 2 amide bonds. The minimum absolute atomic E-state index is 0.100. The predicted molar refractivity (Wildman–Crippen MR) is 68.7 cm³/mol. The van der Waals surface area contributed by atoms with Crippen molar-refractivity contribution in [2.75, 3.05) is 0 Å². The Balaban J connectivity index is 2.18. The van der Waals surface area contributed by atoms with Crippen molar-refractivity contribution in [3.05, 3.63) is 34.9 Å². The zero-order chi connectivity index (χ0) is 13.9. The fourth-order valence-electron chi connectivity index (χ4n) is 3.35. The number of hydrogen-bond acceptors (Lipinski definition) is 3. The van der Waals surface area contributed by atoms with Gasteiger partial charge in [0, 0.05) is 24.3 Å². The molecular weight excluding hydrogens is 242 g/mol. The van der Waals surface area contributed by atoms with E-state index in [2.05, 4.69) is 0 Å². The van der Waals surface area contributed by atoms with E-state index in [1.807, 2.05) is 25.1 Å². The van der Waals surface area contributed by atoms with E-state index in [0.29, 0.717) is 5.56 Å². The van der Waals surface area contributed by atoms with Crippen LogP contribution >= 0.6 is 0 Å². The lowest BCUT2D eigenvalue weighted by atomic mass is 9.89. The summed E-state index contributed by atoms with van der Waals surface area (Å²) in [5.74, 6) is -1.18. The SMILES string of the molecule is CC(=O)N1C(=O)[C@@H](C)[C@H]2c3ccc(C)cc3C(=O)[C@H]21. The zero-order valence-electron chi connectivity index (χ0n) is 11.1. The molecule has 1 aliphatic heterocycles. The molecule has 1 heterocycles.